The average Bonchev–Trinajstić information content (AvgIpc) is 3.26. The minimum absolute atomic E-state index is 0.140. The molecule has 0 spiro atoms. The third kappa shape index (κ3) is 4.84. The number of amides is 1. The van der Waals surface area contributed by atoms with Crippen molar-refractivity contribution in [3.63, 3.8) is 0 Å². The Hall–Kier alpha value is -4.27. The molecule has 1 amide bonds. The van der Waals surface area contributed by atoms with Gasteiger partial charge in [-0.1, -0.05) is 6.07 Å². The summed E-state index contributed by atoms with van der Waals surface area (Å²) in [7, 11) is 0. The second-order valence-corrected chi connectivity index (χ2v) is 8.90. The summed E-state index contributed by atoms with van der Waals surface area (Å²) in [4.78, 5) is 19.8. The summed E-state index contributed by atoms with van der Waals surface area (Å²) in [5.41, 5.74) is 3.18. The van der Waals surface area contributed by atoms with Gasteiger partial charge in [-0.15, -0.1) is 0 Å². The van der Waals surface area contributed by atoms with Gasteiger partial charge < -0.3 is 10.2 Å². The van der Waals surface area contributed by atoms with Crippen LogP contribution < -0.4 is 30.2 Å². The van der Waals surface area contributed by atoms with Gasteiger partial charge in [0.2, 0.25) is 6.04 Å². The number of aryl methyl sites for hydroxylation is 2. The molecule has 6 nitrogen and oxygen atoms in total. The summed E-state index contributed by atoms with van der Waals surface area (Å²) in [6.07, 6.45) is 6.88. The van der Waals surface area contributed by atoms with E-state index >= 15 is 0 Å². The first-order valence-corrected chi connectivity index (χ1v) is 11.8. The third-order valence-electron chi connectivity index (χ3n) is 6.21. The molecule has 0 atom stereocenters. The molecule has 3 heterocycles. The van der Waals surface area contributed by atoms with Gasteiger partial charge in [-0.25, -0.2) is 9.37 Å². The van der Waals surface area contributed by atoms with E-state index in [0.717, 1.165) is 40.7 Å². The number of rotatable bonds is 3. The number of carbonyl (C=O) groups is 1. The SMILES string of the molecule is Cc1ccc2c(c1)=[N+]=C[N+]=2C#Cc1cc(C(=O)Nc2cnc(N3CCCCC3)c(C)c2)ccc1F. The van der Waals surface area contributed by atoms with Crippen molar-refractivity contribution in [2.75, 3.05) is 23.3 Å². The first-order valence-electron chi connectivity index (χ1n) is 11.8. The monoisotopic (exact) mass is 467 g/mol. The summed E-state index contributed by atoms with van der Waals surface area (Å²) in [6.45, 7) is 6.01. The van der Waals surface area contributed by atoms with Gasteiger partial charge in [0.15, 0.2) is 0 Å². The van der Waals surface area contributed by atoms with Gasteiger partial charge in [0.05, 0.1) is 17.4 Å². The zero-order valence-corrected chi connectivity index (χ0v) is 19.8. The van der Waals surface area contributed by atoms with Crippen molar-refractivity contribution in [2.45, 2.75) is 33.1 Å². The molecule has 5 rings (SSSR count). The molecule has 0 radical (unpaired) electrons. The molecule has 7 heteroatoms. The largest absolute Gasteiger partial charge is 0.537 e. The molecule has 2 aromatic carbocycles. The Morgan fingerprint density at radius 3 is 2.74 bits per heavy atom. The predicted molar refractivity (Wildman–Crippen MR) is 135 cm³/mol. The van der Waals surface area contributed by atoms with Crippen LogP contribution >= 0.6 is 0 Å². The van der Waals surface area contributed by atoms with Gasteiger partial charge >= 0.3 is 17.1 Å². The molecule has 0 bridgehead atoms. The van der Waals surface area contributed by atoms with E-state index in [1.54, 1.807) is 17.1 Å². The van der Waals surface area contributed by atoms with Gasteiger partial charge in [0.25, 0.3) is 5.91 Å². The molecule has 2 aliphatic rings. The normalized spacial score (nSPS) is 14.1. The van der Waals surface area contributed by atoms with Gasteiger partial charge in [0, 0.05) is 36.7 Å². The number of pyridine rings is 1. The maximum atomic E-state index is 14.5. The van der Waals surface area contributed by atoms with Crippen molar-refractivity contribution in [3.05, 3.63) is 87.4 Å². The van der Waals surface area contributed by atoms with Crippen LogP contribution in [0.2, 0.25) is 0 Å². The van der Waals surface area contributed by atoms with Gasteiger partial charge in [-0.3, -0.25) is 4.79 Å². The number of halogens is 1. The molecule has 0 aliphatic carbocycles. The Kier molecular flexibility index (Phi) is 6.13. The molecule has 1 N–H and O–H groups in total. The maximum Gasteiger partial charge on any atom is 0.537 e. The van der Waals surface area contributed by atoms with Crippen LogP contribution in [0.4, 0.5) is 15.9 Å². The smallest absolute Gasteiger partial charge is 0.356 e. The van der Waals surface area contributed by atoms with Crippen molar-refractivity contribution < 1.29 is 9.18 Å². The summed E-state index contributed by atoms with van der Waals surface area (Å²) >= 11 is 0. The lowest BCUT2D eigenvalue weighted by Gasteiger charge is -2.29. The Morgan fingerprint density at radius 2 is 1.94 bits per heavy atom. The van der Waals surface area contributed by atoms with Crippen LogP contribution in [0.5, 0.6) is 0 Å². The molecular weight excluding hydrogens is 441 g/mol. The van der Waals surface area contributed by atoms with Gasteiger partial charge in [-0.2, -0.15) is 0 Å². The number of anilines is 2. The number of hydrogen-bond acceptors (Lipinski definition) is 3. The second-order valence-electron chi connectivity index (χ2n) is 8.90. The van der Waals surface area contributed by atoms with E-state index in [1.165, 1.54) is 37.5 Å². The number of piperidine rings is 1. The van der Waals surface area contributed by atoms with Crippen molar-refractivity contribution >= 4 is 23.8 Å². The highest BCUT2D eigenvalue weighted by Gasteiger charge is 2.19. The lowest BCUT2D eigenvalue weighted by Crippen LogP contribution is -2.32. The van der Waals surface area contributed by atoms with Crippen LogP contribution in [0.3, 0.4) is 0 Å². The van der Waals surface area contributed by atoms with Crippen molar-refractivity contribution in [2.24, 2.45) is 0 Å². The lowest BCUT2D eigenvalue weighted by atomic mass is 10.1. The first kappa shape index (κ1) is 22.5. The van der Waals surface area contributed by atoms with Crippen molar-refractivity contribution in [3.8, 4) is 12.0 Å². The number of aromatic nitrogens is 1. The number of benzene rings is 2. The molecule has 1 fully saturated rings. The van der Waals surface area contributed by atoms with Crippen LogP contribution in [0.25, 0.3) is 0 Å². The Bertz CT molecular complexity index is 1550. The minimum atomic E-state index is -0.488. The van der Waals surface area contributed by atoms with Crippen LogP contribution in [0, 0.1) is 31.6 Å². The van der Waals surface area contributed by atoms with Crippen LogP contribution in [-0.4, -0.2) is 30.3 Å². The highest BCUT2D eigenvalue weighted by atomic mass is 19.1. The zero-order valence-electron chi connectivity index (χ0n) is 19.8. The standard InChI is InChI=1S/C28H25FN5O/c1-19-6-9-26-25(14-19)31-18-34(26)13-10-21-16-22(7-8-24(21)29)28(35)32-23-15-20(2)27(30-17-23)33-11-4-3-5-12-33/h6-9,14-18H,3-5,11-12H2,1-2H3/q+1/p+1. The van der Waals surface area contributed by atoms with Crippen LogP contribution in [0.1, 0.15) is 46.3 Å². The third-order valence-corrected chi connectivity index (χ3v) is 6.21. The van der Waals surface area contributed by atoms with E-state index in [1.807, 2.05) is 38.1 Å². The quantitative estimate of drug-likeness (QED) is 0.365. The fourth-order valence-corrected chi connectivity index (χ4v) is 4.37. The Labute approximate surface area is 203 Å². The average molecular weight is 468 g/mol. The molecule has 3 aromatic rings. The first-order chi connectivity index (χ1) is 17.0. The molecule has 0 unspecified atom stereocenters. The summed E-state index contributed by atoms with van der Waals surface area (Å²) < 4.78 is 20.5. The summed E-state index contributed by atoms with van der Waals surface area (Å²) in [5, 5.41) is 4.53. The van der Waals surface area contributed by atoms with E-state index in [-0.39, 0.29) is 11.5 Å². The van der Waals surface area contributed by atoms with E-state index < -0.39 is 5.82 Å². The van der Waals surface area contributed by atoms with Crippen LogP contribution in [0.15, 0.2) is 48.7 Å². The molecule has 1 saturated heterocycles. The highest BCUT2D eigenvalue weighted by Crippen LogP contribution is 2.24. The predicted octanol–water partition coefficient (Wildman–Crippen LogP) is 2.31. The topological polar surface area (TPSA) is 62.3 Å². The van der Waals surface area contributed by atoms with Crippen molar-refractivity contribution in [1.29, 1.82) is 0 Å². The number of carbonyl (C=O) groups excluding carboxylic acids is 1. The van der Waals surface area contributed by atoms with E-state index in [2.05, 4.69) is 31.8 Å². The van der Waals surface area contributed by atoms with Gasteiger partial charge in [0.1, 0.15) is 11.6 Å². The maximum absolute atomic E-state index is 14.5. The summed E-state index contributed by atoms with van der Waals surface area (Å²) in [5.74, 6) is 2.96. The molecule has 0 saturated carbocycles. The highest BCUT2D eigenvalue weighted by molar-refractivity contribution is 6.04. The Balaban J connectivity index is 1.35. The van der Waals surface area contributed by atoms with E-state index in [4.69, 9.17) is 0 Å². The summed E-state index contributed by atoms with van der Waals surface area (Å²) in [6, 6.07) is 14.9. The fraction of sp³-hybridized carbons (Fsp3) is 0.250. The minimum Gasteiger partial charge on any atom is -0.356 e. The number of nitrogens with zero attached hydrogens (tertiary/aromatic N) is 4. The zero-order chi connectivity index (χ0) is 24.4. The second kappa shape index (κ2) is 9.54. The molecule has 174 valence electrons. The number of fused-ring (bicyclic) bond motifs is 1. The molecule has 1 aromatic heterocycles. The van der Waals surface area contributed by atoms with Crippen molar-refractivity contribution in [1.82, 2.24) is 14.2 Å². The lowest BCUT2D eigenvalue weighted by molar-refractivity contribution is 0.102. The van der Waals surface area contributed by atoms with E-state index in [9.17, 15) is 9.18 Å². The van der Waals surface area contributed by atoms with Crippen LogP contribution in [-0.2, 0) is 0 Å². The Morgan fingerprint density at radius 1 is 1.11 bits per heavy atom. The molecule has 35 heavy (non-hydrogen) atoms. The van der Waals surface area contributed by atoms with Gasteiger partial charge in [-0.05, 0) is 77.7 Å². The molecule has 2 aliphatic heterocycles. The fourth-order valence-electron chi connectivity index (χ4n) is 4.37. The molecular formula is C28H26FN5O+2. The van der Waals surface area contributed by atoms with E-state index in [0.29, 0.717) is 11.3 Å². The number of hydrogen-bond donors (Lipinski definition) is 1. The number of nitrogens with one attached hydrogen (secondary N) is 1.